The summed E-state index contributed by atoms with van der Waals surface area (Å²) < 4.78 is 5.33. The van der Waals surface area contributed by atoms with Crippen LogP contribution in [0.2, 0.25) is 0 Å². The molecule has 1 heterocycles. The fourth-order valence-electron chi connectivity index (χ4n) is 4.77. The Labute approximate surface area is 174 Å². The summed E-state index contributed by atoms with van der Waals surface area (Å²) in [5, 5.41) is 0.423. The second-order valence-corrected chi connectivity index (χ2v) is 9.08. The van der Waals surface area contributed by atoms with Crippen LogP contribution in [0, 0.1) is 11.8 Å². The third-order valence-corrected chi connectivity index (χ3v) is 6.93. The Kier molecular flexibility index (Phi) is 8.04. The molecule has 0 aromatic rings. The fraction of sp³-hybridized carbons (Fsp3) is 0.696. The Morgan fingerprint density at radius 1 is 1.14 bits per heavy atom. The summed E-state index contributed by atoms with van der Waals surface area (Å²) in [7, 11) is 1.60. The van der Waals surface area contributed by atoms with Gasteiger partial charge in [-0.2, -0.15) is 0 Å². The van der Waals surface area contributed by atoms with Crippen LogP contribution in [0.5, 0.6) is 0 Å². The van der Waals surface area contributed by atoms with E-state index in [9.17, 15) is 4.79 Å². The van der Waals surface area contributed by atoms with Gasteiger partial charge in [0.2, 0.25) is 0 Å². The molecular formula is C23H35ClN2O2. The summed E-state index contributed by atoms with van der Waals surface area (Å²) in [6.07, 6.45) is 15.0. The molecule has 3 rings (SSSR count). The van der Waals surface area contributed by atoms with Gasteiger partial charge in [0.1, 0.15) is 5.76 Å². The van der Waals surface area contributed by atoms with E-state index < -0.39 is 0 Å². The molecule has 3 aliphatic rings. The molecule has 1 saturated carbocycles. The number of likely N-dealkylation sites (tertiary alicyclic amines) is 1. The average molecular weight is 407 g/mol. The Morgan fingerprint density at radius 3 is 2.54 bits per heavy atom. The minimum atomic E-state index is 0.167. The van der Waals surface area contributed by atoms with Crippen LogP contribution in [0.15, 0.2) is 34.2 Å². The maximum Gasteiger partial charge on any atom is 0.159 e. The average Bonchev–Trinajstić information content (AvgIpc) is 2.86. The number of rotatable bonds is 7. The minimum absolute atomic E-state index is 0.167. The number of hydrogen-bond donors (Lipinski definition) is 1. The van der Waals surface area contributed by atoms with Crippen LogP contribution in [0.3, 0.4) is 0 Å². The lowest BCUT2D eigenvalue weighted by molar-refractivity contribution is -0.116. The van der Waals surface area contributed by atoms with E-state index in [2.05, 4.69) is 4.90 Å². The quantitative estimate of drug-likeness (QED) is 0.653. The van der Waals surface area contributed by atoms with Gasteiger partial charge in [-0.3, -0.25) is 4.79 Å². The van der Waals surface area contributed by atoms with Crippen LogP contribution in [0.4, 0.5) is 0 Å². The molecule has 5 heteroatoms. The number of methoxy groups -OCH3 is 1. The molecule has 2 aliphatic carbocycles. The van der Waals surface area contributed by atoms with Crippen molar-refractivity contribution in [3.8, 4) is 0 Å². The van der Waals surface area contributed by atoms with Gasteiger partial charge in [-0.15, -0.1) is 0 Å². The van der Waals surface area contributed by atoms with E-state index in [1.165, 1.54) is 64.6 Å². The van der Waals surface area contributed by atoms with Crippen molar-refractivity contribution in [2.75, 3.05) is 26.7 Å². The molecule has 0 radical (unpaired) electrons. The van der Waals surface area contributed by atoms with Crippen molar-refractivity contribution < 1.29 is 9.53 Å². The molecule has 0 bridgehead atoms. The zero-order valence-corrected chi connectivity index (χ0v) is 18.0. The lowest BCUT2D eigenvalue weighted by atomic mass is 9.86. The monoisotopic (exact) mass is 406 g/mol. The van der Waals surface area contributed by atoms with Gasteiger partial charge in [0, 0.05) is 31.0 Å². The molecule has 0 spiro atoms. The third kappa shape index (κ3) is 6.12. The highest BCUT2D eigenvalue weighted by Crippen LogP contribution is 2.29. The van der Waals surface area contributed by atoms with E-state index in [0.717, 1.165) is 12.3 Å². The predicted molar refractivity (Wildman–Crippen MR) is 115 cm³/mol. The molecule has 28 heavy (non-hydrogen) atoms. The lowest BCUT2D eigenvalue weighted by Gasteiger charge is -2.35. The van der Waals surface area contributed by atoms with Gasteiger partial charge < -0.3 is 15.4 Å². The minimum Gasteiger partial charge on any atom is -0.501 e. The first-order valence-corrected chi connectivity index (χ1v) is 11.3. The van der Waals surface area contributed by atoms with Gasteiger partial charge in [0.15, 0.2) is 5.78 Å². The van der Waals surface area contributed by atoms with Gasteiger partial charge in [0.05, 0.1) is 17.8 Å². The van der Waals surface area contributed by atoms with Crippen molar-refractivity contribution >= 4 is 17.4 Å². The largest absolute Gasteiger partial charge is 0.501 e. The van der Waals surface area contributed by atoms with Gasteiger partial charge in [-0.1, -0.05) is 30.9 Å². The number of piperidine rings is 1. The standard InChI is InChI=1S/C23H35ClN2O2/c1-28-20-13-19(14-21(24)22(25)15-20)23(27)8-7-17-9-11-26(12-10-17)16-18-5-3-2-4-6-18/h14-15,17-18H,2-13,16,25H2,1H3. The molecular weight excluding hydrogens is 372 g/mol. The maximum absolute atomic E-state index is 12.8. The molecule has 0 atom stereocenters. The van der Waals surface area contributed by atoms with Gasteiger partial charge in [-0.05, 0) is 63.1 Å². The zero-order chi connectivity index (χ0) is 19.9. The van der Waals surface area contributed by atoms with E-state index in [0.29, 0.717) is 40.8 Å². The van der Waals surface area contributed by atoms with Crippen LogP contribution >= 0.6 is 11.6 Å². The highest BCUT2D eigenvalue weighted by molar-refractivity contribution is 6.32. The molecule has 1 saturated heterocycles. The van der Waals surface area contributed by atoms with Crippen LogP contribution in [-0.2, 0) is 9.53 Å². The summed E-state index contributed by atoms with van der Waals surface area (Å²) in [6.45, 7) is 3.68. The number of Topliss-reactive ketones (excluding diaryl/α,β-unsaturated/α-hetero) is 1. The molecule has 0 amide bonds. The number of nitrogens with two attached hydrogens (primary N) is 1. The Morgan fingerprint density at radius 2 is 1.86 bits per heavy atom. The van der Waals surface area contributed by atoms with Crippen molar-refractivity contribution in [3.05, 3.63) is 34.2 Å². The maximum atomic E-state index is 12.8. The van der Waals surface area contributed by atoms with Gasteiger partial charge >= 0.3 is 0 Å². The molecule has 0 aromatic heterocycles. The number of halogens is 1. The van der Waals surface area contributed by atoms with E-state index in [-0.39, 0.29) is 5.78 Å². The van der Waals surface area contributed by atoms with Crippen molar-refractivity contribution in [1.29, 1.82) is 0 Å². The lowest BCUT2D eigenvalue weighted by Crippen LogP contribution is -2.37. The first-order chi connectivity index (χ1) is 13.5. The normalized spacial score (nSPS) is 23.2. The van der Waals surface area contributed by atoms with Gasteiger partial charge in [0.25, 0.3) is 0 Å². The topological polar surface area (TPSA) is 55.6 Å². The molecule has 1 aliphatic heterocycles. The van der Waals surface area contributed by atoms with Crippen LogP contribution in [0.1, 0.15) is 64.2 Å². The number of nitrogens with zero attached hydrogens (tertiary/aromatic N) is 1. The predicted octanol–water partition coefficient (Wildman–Crippen LogP) is 4.90. The van der Waals surface area contributed by atoms with E-state index in [4.69, 9.17) is 22.1 Å². The van der Waals surface area contributed by atoms with Crippen LogP contribution < -0.4 is 5.73 Å². The van der Waals surface area contributed by atoms with E-state index in [1.807, 2.05) is 0 Å². The molecule has 156 valence electrons. The van der Waals surface area contributed by atoms with E-state index in [1.54, 1.807) is 19.3 Å². The number of hydrogen-bond acceptors (Lipinski definition) is 4. The smallest absolute Gasteiger partial charge is 0.159 e. The number of ether oxygens (including phenoxy) is 1. The fourth-order valence-corrected chi connectivity index (χ4v) is 4.95. The zero-order valence-electron chi connectivity index (χ0n) is 17.2. The van der Waals surface area contributed by atoms with Crippen molar-refractivity contribution in [2.45, 2.75) is 64.2 Å². The number of carbonyl (C=O) groups is 1. The number of ketones is 1. The Hall–Kier alpha value is -1.26. The van der Waals surface area contributed by atoms with E-state index >= 15 is 0 Å². The molecule has 0 aromatic carbocycles. The first kappa shape index (κ1) is 21.4. The van der Waals surface area contributed by atoms with Gasteiger partial charge in [-0.25, -0.2) is 0 Å². The first-order valence-electron chi connectivity index (χ1n) is 10.9. The SMILES string of the molecule is COC1=CC(N)=C(Cl)C=C(C(=O)CCC2CCN(CC3CCCCC3)CC2)C1. The molecule has 2 fully saturated rings. The Bertz CT molecular complexity index is 639. The number of allylic oxidation sites excluding steroid dienone is 4. The summed E-state index contributed by atoms with van der Waals surface area (Å²) in [5.41, 5.74) is 7.06. The van der Waals surface area contributed by atoms with Crippen LogP contribution in [0.25, 0.3) is 0 Å². The summed E-state index contributed by atoms with van der Waals surface area (Å²) >= 11 is 6.20. The third-order valence-electron chi connectivity index (χ3n) is 6.61. The molecule has 0 unspecified atom stereocenters. The van der Waals surface area contributed by atoms with Crippen molar-refractivity contribution in [1.82, 2.24) is 4.90 Å². The summed E-state index contributed by atoms with van der Waals surface area (Å²) in [6, 6.07) is 0. The Balaban J connectivity index is 1.43. The second-order valence-electron chi connectivity index (χ2n) is 8.67. The molecule has 2 N–H and O–H groups in total. The molecule has 4 nitrogen and oxygen atoms in total. The highest BCUT2D eigenvalue weighted by atomic mass is 35.5. The second kappa shape index (κ2) is 10.5. The van der Waals surface area contributed by atoms with Crippen molar-refractivity contribution in [3.63, 3.8) is 0 Å². The van der Waals surface area contributed by atoms with Crippen molar-refractivity contribution in [2.24, 2.45) is 17.6 Å². The number of carbonyl (C=O) groups excluding carboxylic acids is 1. The summed E-state index contributed by atoms with van der Waals surface area (Å²) in [4.78, 5) is 15.4. The highest BCUT2D eigenvalue weighted by Gasteiger charge is 2.24. The summed E-state index contributed by atoms with van der Waals surface area (Å²) in [5.74, 6) is 2.43. The van der Waals surface area contributed by atoms with Crippen LogP contribution in [-0.4, -0.2) is 37.4 Å².